The largest absolute Gasteiger partial charge is 0.357 e. The summed E-state index contributed by atoms with van der Waals surface area (Å²) in [5.74, 6) is 1.13. The van der Waals surface area contributed by atoms with Gasteiger partial charge in [0.1, 0.15) is 5.82 Å². The molecule has 0 amide bonds. The van der Waals surface area contributed by atoms with E-state index in [1.54, 1.807) is 0 Å². The number of anilines is 1. The maximum absolute atomic E-state index is 4.39. The van der Waals surface area contributed by atoms with Crippen LogP contribution >= 0.6 is 0 Å². The van der Waals surface area contributed by atoms with Gasteiger partial charge in [-0.15, -0.1) is 0 Å². The smallest absolute Gasteiger partial charge is 0.131 e. The number of aromatic nitrogens is 1. The lowest BCUT2D eigenvalue weighted by Crippen LogP contribution is -2.25. The molecule has 0 aliphatic carbocycles. The van der Waals surface area contributed by atoms with Crippen molar-refractivity contribution in [2.24, 2.45) is 0 Å². The third kappa shape index (κ3) is 2.44. The van der Waals surface area contributed by atoms with Crippen LogP contribution in [0.4, 0.5) is 5.82 Å². The summed E-state index contributed by atoms with van der Waals surface area (Å²) in [5, 5.41) is 0. The van der Waals surface area contributed by atoms with Gasteiger partial charge in [0.25, 0.3) is 0 Å². The first-order valence-corrected chi connectivity index (χ1v) is 4.96. The van der Waals surface area contributed by atoms with Gasteiger partial charge in [-0.3, -0.25) is 0 Å². The maximum atomic E-state index is 4.39. The van der Waals surface area contributed by atoms with Crippen molar-refractivity contribution >= 4 is 5.82 Å². The lowest BCUT2D eigenvalue weighted by atomic mass is 10.2. The van der Waals surface area contributed by atoms with E-state index in [4.69, 9.17) is 0 Å². The average molecular weight is 178 g/mol. The fraction of sp³-hybridized carbons (Fsp3) is 0.545. The number of rotatable bonds is 4. The molecule has 1 heterocycles. The Morgan fingerprint density at radius 2 is 2.15 bits per heavy atom. The summed E-state index contributed by atoms with van der Waals surface area (Å²) >= 11 is 0. The summed E-state index contributed by atoms with van der Waals surface area (Å²) in [4.78, 5) is 6.71. The zero-order valence-electron chi connectivity index (χ0n) is 8.75. The van der Waals surface area contributed by atoms with Gasteiger partial charge < -0.3 is 4.90 Å². The van der Waals surface area contributed by atoms with E-state index in [0.29, 0.717) is 0 Å². The molecule has 2 nitrogen and oxygen atoms in total. The second-order valence-corrected chi connectivity index (χ2v) is 3.22. The van der Waals surface area contributed by atoms with Crippen LogP contribution in [0.15, 0.2) is 18.3 Å². The molecule has 0 bridgehead atoms. The minimum Gasteiger partial charge on any atom is -0.357 e. The van der Waals surface area contributed by atoms with Crippen LogP contribution in [0.1, 0.15) is 25.8 Å². The van der Waals surface area contributed by atoms with Gasteiger partial charge in [0.2, 0.25) is 0 Å². The molecule has 0 N–H and O–H groups in total. The Labute approximate surface area is 80.6 Å². The molecule has 1 rings (SSSR count). The van der Waals surface area contributed by atoms with Crippen LogP contribution in [-0.4, -0.2) is 18.1 Å². The predicted octanol–water partition coefficient (Wildman–Crippen LogP) is 2.63. The maximum Gasteiger partial charge on any atom is 0.131 e. The van der Waals surface area contributed by atoms with E-state index < -0.39 is 0 Å². The van der Waals surface area contributed by atoms with E-state index >= 15 is 0 Å². The minimum atomic E-state index is 1.03. The van der Waals surface area contributed by atoms with Crippen molar-refractivity contribution in [1.82, 2.24) is 4.98 Å². The standard InChI is InChI=1S/C11H18N2/c1-4-9-13(5-2)11-10(3)7-6-8-12-11/h6-8H,4-5,9H2,1-3H3. The monoisotopic (exact) mass is 178 g/mol. The van der Waals surface area contributed by atoms with Crippen molar-refractivity contribution < 1.29 is 0 Å². The van der Waals surface area contributed by atoms with Gasteiger partial charge >= 0.3 is 0 Å². The topological polar surface area (TPSA) is 16.1 Å². The lowest BCUT2D eigenvalue weighted by molar-refractivity contribution is 0.775. The molecular formula is C11H18N2. The van der Waals surface area contributed by atoms with Gasteiger partial charge in [0.15, 0.2) is 0 Å². The molecule has 0 atom stereocenters. The molecule has 72 valence electrons. The number of pyridine rings is 1. The van der Waals surface area contributed by atoms with Gasteiger partial charge in [-0.1, -0.05) is 13.0 Å². The second kappa shape index (κ2) is 4.85. The Balaban J connectivity index is 2.84. The minimum absolute atomic E-state index is 1.03. The quantitative estimate of drug-likeness (QED) is 0.704. The van der Waals surface area contributed by atoms with Crippen LogP contribution in [0.5, 0.6) is 0 Å². The number of hydrogen-bond acceptors (Lipinski definition) is 2. The molecule has 0 aliphatic heterocycles. The van der Waals surface area contributed by atoms with Gasteiger partial charge in [-0.2, -0.15) is 0 Å². The molecular weight excluding hydrogens is 160 g/mol. The third-order valence-electron chi connectivity index (χ3n) is 2.16. The first kappa shape index (κ1) is 10.0. The Hall–Kier alpha value is -1.05. The first-order valence-electron chi connectivity index (χ1n) is 4.96. The lowest BCUT2D eigenvalue weighted by Gasteiger charge is -2.22. The first-order chi connectivity index (χ1) is 6.29. The Morgan fingerprint density at radius 1 is 1.38 bits per heavy atom. The number of nitrogens with zero attached hydrogens (tertiary/aromatic N) is 2. The molecule has 1 aromatic heterocycles. The van der Waals surface area contributed by atoms with E-state index in [1.807, 2.05) is 12.3 Å². The highest BCUT2D eigenvalue weighted by Gasteiger charge is 2.05. The molecule has 0 saturated carbocycles. The second-order valence-electron chi connectivity index (χ2n) is 3.22. The zero-order valence-corrected chi connectivity index (χ0v) is 8.75. The van der Waals surface area contributed by atoms with E-state index in [2.05, 4.69) is 36.7 Å². The van der Waals surface area contributed by atoms with Crippen LogP contribution in [-0.2, 0) is 0 Å². The number of aryl methyl sites for hydroxylation is 1. The van der Waals surface area contributed by atoms with Crippen LogP contribution in [0, 0.1) is 6.92 Å². The van der Waals surface area contributed by atoms with Crippen molar-refractivity contribution in [3.63, 3.8) is 0 Å². The molecule has 0 saturated heterocycles. The Bertz CT molecular complexity index is 258. The van der Waals surface area contributed by atoms with E-state index in [-0.39, 0.29) is 0 Å². The summed E-state index contributed by atoms with van der Waals surface area (Å²) in [6.07, 6.45) is 3.03. The summed E-state index contributed by atoms with van der Waals surface area (Å²) in [5.41, 5.74) is 1.26. The normalized spacial score (nSPS) is 10.1. The highest BCUT2D eigenvalue weighted by Crippen LogP contribution is 2.15. The van der Waals surface area contributed by atoms with Gasteiger partial charge in [-0.05, 0) is 31.9 Å². The SMILES string of the molecule is CCCN(CC)c1ncccc1C. The Morgan fingerprint density at radius 3 is 2.69 bits per heavy atom. The van der Waals surface area contributed by atoms with E-state index in [9.17, 15) is 0 Å². The van der Waals surface area contributed by atoms with Gasteiger partial charge in [0, 0.05) is 19.3 Å². The van der Waals surface area contributed by atoms with Crippen LogP contribution < -0.4 is 4.90 Å². The van der Waals surface area contributed by atoms with Gasteiger partial charge in [0.05, 0.1) is 0 Å². The predicted molar refractivity (Wildman–Crippen MR) is 57.2 cm³/mol. The third-order valence-corrected chi connectivity index (χ3v) is 2.16. The molecule has 0 spiro atoms. The highest BCUT2D eigenvalue weighted by molar-refractivity contribution is 5.45. The van der Waals surface area contributed by atoms with Crippen molar-refractivity contribution in [1.29, 1.82) is 0 Å². The van der Waals surface area contributed by atoms with E-state index in [0.717, 1.165) is 18.9 Å². The van der Waals surface area contributed by atoms with Crippen LogP contribution in [0.2, 0.25) is 0 Å². The summed E-state index contributed by atoms with van der Waals surface area (Å²) in [6, 6.07) is 4.10. The molecule has 13 heavy (non-hydrogen) atoms. The van der Waals surface area contributed by atoms with Crippen molar-refractivity contribution in [3.05, 3.63) is 23.9 Å². The number of hydrogen-bond donors (Lipinski definition) is 0. The summed E-state index contributed by atoms with van der Waals surface area (Å²) in [7, 11) is 0. The Kier molecular flexibility index (Phi) is 3.74. The molecule has 0 unspecified atom stereocenters. The van der Waals surface area contributed by atoms with Gasteiger partial charge in [-0.25, -0.2) is 4.98 Å². The average Bonchev–Trinajstić information content (AvgIpc) is 2.16. The highest BCUT2D eigenvalue weighted by atomic mass is 15.2. The fourth-order valence-corrected chi connectivity index (χ4v) is 1.49. The summed E-state index contributed by atoms with van der Waals surface area (Å²) in [6.45, 7) is 8.60. The van der Waals surface area contributed by atoms with E-state index in [1.165, 1.54) is 12.0 Å². The zero-order chi connectivity index (χ0) is 9.68. The summed E-state index contributed by atoms with van der Waals surface area (Å²) < 4.78 is 0. The molecule has 0 aliphatic rings. The van der Waals surface area contributed by atoms with Crippen molar-refractivity contribution in [3.8, 4) is 0 Å². The molecule has 0 aromatic carbocycles. The molecule has 0 radical (unpaired) electrons. The van der Waals surface area contributed by atoms with Crippen LogP contribution in [0.25, 0.3) is 0 Å². The molecule has 2 heteroatoms. The molecule has 0 fully saturated rings. The van der Waals surface area contributed by atoms with Crippen molar-refractivity contribution in [2.75, 3.05) is 18.0 Å². The van der Waals surface area contributed by atoms with Crippen LogP contribution in [0.3, 0.4) is 0 Å². The molecule has 1 aromatic rings. The van der Waals surface area contributed by atoms with Crippen molar-refractivity contribution in [2.45, 2.75) is 27.2 Å². The fourth-order valence-electron chi connectivity index (χ4n) is 1.49.